The Hall–Kier alpha value is -3.02. The minimum atomic E-state index is -0.254. The number of hydrogen-bond donors (Lipinski definition) is 2. The molecule has 0 atom stereocenters. The lowest BCUT2D eigenvalue weighted by atomic mass is 10.1. The number of nitrogens with one attached hydrogen (secondary N) is 2. The molecule has 2 aromatic carbocycles. The summed E-state index contributed by atoms with van der Waals surface area (Å²) in [6.07, 6.45) is 1.62. The summed E-state index contributed by atoms with van der Waals surface area (Å²) in [6, 6.07) is 16.3. The molecule has 2 aromatic rings. The molecule has 0 saturated carbocycles. The number of amides is 1. The van der Waals surface area contributed by atoms with E-state index in [1.807, 2.05) is 56.0 Å². The quantitative estimate of drug-likeness (QED) is 0.525. The van der Waals surface area contributed by atoms with Gasteiger partial charge in [-0.25, -0.2) is 0 Å². The zero-order valence-corrected chi connectivity index (χ0v) is 19.1. The highest BCUT2D eigenvalue weighted by atomic mass is 16.5. The van der Waals surface area contributed by atoms with Gasteiger partial charge in [0.2, 0.25) is 5.91 Å². The van der Waals surface area contributed by atoms with Crippen molar-refractivity contribution in [2.45, 2.75) is 58.8 Å². The second-order valence-corrected chi connectivity index (χ2v) is 8.79. The first-order valence-electron chi connectivity index (χ1n) is 10.9. The summed E-state index contributed by atoms with van der Waals surface area (Å²) >= 11 is 0. The number of aliphatic imine (C=N–C) groups is 1. The summed E-state index contributed by atoms with van der Waals surface area (Å²) in [7, 11) is 1.77. The van der Waals surface area contributed by atoms with Gasteiger partial charge >= 0.3 is 0 Å². The maximum Gasteiger partial charge on any atom is 0.222 e. The molecule has 2 N–H and O–H groups in total. The van der Waals surface area contributed by atoms with E-state index in [1.165, 1.54) is 11.1 Å². The van der Waals surface area contributed by atoms with E-state index < -0.39 is 0 Å². The van der Waals surface area contributed by atoms with Gasteiger partial charge in [0, 0.05) is 45.2 Å². The highest BCUT2D eigenvalue weighted by Gasteiger charge is 2.21. The molecule has 0 radical (unpaired) electrons. The number of carbonyl (C=O) groups is 1. The third-order valence-corrected chi connectivity index (χ3v) is 5.16. The summed E-state index contributed by atoms with van der Waals surface area (Å²) in [5.74, 6) is 1.84. The molecule has 1 saturated heterocycles. The van der Waals surface area contributed by atoms with Crippen LogP contribution in [-0.4, -0.2) is 36.0 Å². The Morgan fingerprint density at radius 1 is 1.00 bits per heavy atom. The Morgan fingerprint density at radius 3 is 2.23 bits per heavy atom. The van der Waals surface area contributed by atoms with Crippen molar-refractivity contribution in [2.24, 2.45) is 4.99 Å². The van der Waals surface area contributed by atoms with E-state index in [2.05, 4.69) is 33.8 Å². The van der Waals surface area contributed by atoms with Gasteiger partial charge in [0.1, 0.15) is 11.4 Å². The van der Waals surface area contributed by atoms with Gasteiger partial charge in [0.25, 0.3) is 0 Å². The maximum atomic E-state index is 12.0. The SMILES string of the molecule is CN=C(NCc1ccccc1CN1CCCC1=O)NCc1ccccc1OC(C)(C)C. The highest BCUT2D eigenvalue weighted by molar-refractivity contribution is 5.80. The molecule has 166 valence electrons. The number of para-hydroxylation sites is 1. The fourth-order valence-electron chi connectivity index (χ4n) is 3.62. The van der Waals surface area contributed by atoms with Crippen LogP contribution in [0.4, 0.5) is 0 Å². The van der Waals surface area contributed by atoms with Crippen LogP contribution in [0.5, 0.6) is 5.75 Å². The van der Waals surface area contributed by atoms with Crippen LogP contribution in [0.25, 0.3) is 0 Å². The molecule has 3 rings (SSSR count). The van der Waals surface area contributed by atoms with E-state index in [0.717, 1.165) is 30.2 Å². The lowest BCUT2D eigenvalue weighted by Crippen LogP contribution is -2.37. The van der Waals surface area contributed by atoms with Crippen molar-refractivity contribution in [3.63, 3.8) is 0 Å². The molecule has 0 bridgehead atoms. The van der Waals surface area contributed by atoms with Crippen LogP contribution in [0.15, 0.2) is 53.5 Å². The molecule has 1 aliphatic rings. The number of ether oxygens (including phenoxy) is 1. The molecule has 0 aliphatic carbocycles. The molecule has 1 heterocycles. The number of rotatable bonds is 7. The Bertz CT molecular complexity index is 918. The number of likely N-dealkylation sites (tertiary alicyclic amines) is 1. The number of nitrogens with zero attached hydrogens (tertiary/aromatic N) is 2. The van der Waals surface area contributed by atoms with Crippen LogP contribution in [0, 0.1) is 0 Å². The smallest absolute Gasteiger partial charge is 0.222 e. The Kier molecular flexibility index (Phi) is 7.55. The average molecular weight is 423 g/mol. The fourth-order valence-corrected chi connectivity index (χ4v) is 3.62. The molecule has 6 nitrogen and oxygen atoms in total. The van der Waals surface area contributed by atoms with Crippen molar-refractivity contribution in [3.05, 3.63) is 65.2 Å². The molecular formula is C25H34N4O2. The number of guanidine groups is 1. The van der Waals surface area contributed by atoms with Crippen LogP contribution >= 0.6 is 0 Å². The minimum Gasteiger partial charge on any atom is -0.488 e. The van der Waals surface area contributed by atoms with Gasteiger partial charge < -0.3 is 20.3 Å². The van der Waals surface area contributed by atoms with Gasteiger partial charge in [-0.1, -0.05) is 42.5 Å². The number of hydrogen-bond acceptors (Lipinski definition) is 3. The summed E-state index contributed by atoms with van der Waals surface area (Å²) in [4.78, 5) is 18.3. The Morgan fingerprint density at radius 2 is 1.61 bits per heavy atom. The Balaban J connectivity index is 1.59. The normalized spacial score (nSPS) is 14.6. The monoisotopic (exact) mass is 422 g/mol. The number of carbonyl (C=O) groups excluding carboxylic acids is 1. The first-order chi connectivity index (χ1) is 14.9. The van der Waals surface area contributed by atoms with Crippen molar-refractivity contribution in [1.82, 2.24) is 15.5 Å². The first-order valence-corrected chi connectivity index (χ1v) is 10.9. The second kappa shape index (κ2) is 10.3. The summed E-state index contributed by atoms with van der Waals surface area (Å²) in [5.41, 5.74) is 3.16. The van der Waals surface area contributed by atoms with Gasteiger partial charge in [-0.3, -0.25) is 9.79 Å². The molecule has 0 aromatic heterocycles. The molecule has 1 aliphatic heterocycles. The summed E-state index contributed by atoms with van der Waals surface area (Å²) in [6.45, 7) is 8.90. The molecular weight excluding hydrogens is 388 g/mol. The van der Waals surface area contributed by atoms with E-state index in [-0.39, 0.29) is 11.5 Å². The van der Waals surface area contributed by atoms with Crippen molar-refractivity contribution in [1.29, 1.82) is 0 Å². The first kappa shape index (κ1) is 22.7. The lowest BCUT2D eigenvalue weighted by molar-refractivity contribution is -0.128. The number of benzene rings is 2. The van der Waals surface area contributed by atoms with Gasteiger partial charge in [-0.2, -0.15) is 0 Å². The van der Waals surface area contributed by atoms with Gasteiger partial charge in [-0.05, 0) is 44.4 Å². The van der Waals surface area contributed by atoms with Crippen LogP contribution in [0.2, 0.25) is 0 Å². The standard InChI is InChI=1S/C25H34N4O2/c1-25(2,3)31-22-13-8-7-11-20(22)17-28-24(26-4)27-16-19-10-5-6-12-21(19)18-29-15-9-14-23(29)30/h5-8,10-13H,9,14-18H2,1-4H3,(H2,26,27,28). The van der Waals surface area contributed by atoms with Crippen LogP contribution in [0.3, 0.4) is 0 Å². The van der Waals surface area contributed by atoms with E-state index in [9.17, 15) is 4.79 Å². The van der Waals surface area contributed by atoms with Crippen molar-refractivity contribution in [2.75, 3.05) is 13.6 Å². The summed E-state index contributed by atoms with van der Waals surface area (Å²) < 4.78 is 6.08. The third kappa shape index (κ3) is 6.74. The fraction of sp³-hybridized carbons (Fsp3) is 0.440. The molecule has 1 fully saturated rings. The van der Waals surface area contributed by atoms with Gasteiger partial charge in [0.15, 0.2) is 5.96 Å². The van der Waals surface area contributed by atoms with Crippen LogP contribution in [-0.2, 0) is 24.4 Å². The summed E-state index contributed by atoms with van der Waals surface area (Å²) in [5, 5.41) is 6.77. The van der Waals surface area contributed by atoms with Gasteiger partial charge in [-0.15, -0.1) is 0 Å². The molecule has 0 spiro atoms. The average Bonchev–Trinajstić information content (AvgIpc) is 3.13. The van der Waals surface area contributed by atoms with Crippen LogP contribution < -0.4 is 15.4 Å². The predicted molar refractivity (Wildman–Crippen MR) is 125 cm³/mol. The Labute approximate surface area is 185 Å². The molecule has 6 heteroatoms. The minimum absolute atomic E-state index is 0.247. The second-order valence-electron chi connectivity index (χ2n) is 8.79. The van der Waals surface area contributed by atoms with Crippen molar-refractivity contribution in [3.8, 4) is 5.75 Å². The lowest BCUT2D eigenvalue weighted by Gasteiger charge is -2.23. The topological polar surface area (TPSA) is 66.0 Å². The molecule has 31 heavy (non-hydrogen) atoms. The van der Waals surface area contributed by atoms with Gasteiger partial charge in [0.05, 0.1) is 0 Å². The van der Waals surface area contributed by atoms with E-state index >= 15 is 0 Å². The van der Waals surface area contributed by atoms with Crippen molar-refractivity contribution < 1.29 is 9.53 Å². The van der Waals surface area contributed by atoms with Crippen molar-refractivity contribution >= 4 is 11.9 Å². The highest BCUT2D eigenvalue weighted by Crippen LogP contribution is 2.23. The zero-order valence-electron chi connectivity index (χ0n) is 19.1. The van der Waals surface area contributed by atoms with E-state index in [1.54, 1.807) is 7.05 Å². The van der Waals surface area contributed by atoms with E-state index in [4.69, 9.17) is 4.74 Å². The van der Waals surface area contributed by atoms with E-state index in [0.29, 0.717) is 26.1 Å². The van der Waals surface area contributed by atoms with Crippen LogP contribution in [0.1, 0.15) is 50.3 Å². The predicted octanol–water partition coefficient (Wildman–Crippen LogP) is 3.85. The molecule has 0 unspecified atom stereocenters. The maximum absolute atomic E-state index is 12.0. The zero-order chi connectivity index (χ0) is 22.3. The molecule has 1 amide bonds. The third-order valence-electron chi connectivity index (χ3n) is 5.16. The largest absolute Gasteiger partial charge is 0.488 e.